The number of nitrogens with zero attached hydrogens (tertiary/aromatic N) is 1. The molecule has 1 rings (SSSR count). The Morgan fingerprint density at radius 2 is 2.50 bits per heavy atom. The van der Waals surface area contributed by atoms with Gasteiger partial charge in [-0.15, -0.1) is 0 Å². The minimum absolute atomic E-state index is 0.00419. The molecule has 76 valence electrons. The summed E-state index contributed by atoms with van der Waals surface area (Å²) in [5.74, 6) is -1.06. The molecule has 0 aliphatic heterocycles. The molecule has 5 heteroatoms. The van der Waals surface area contributed by atoms with Gasteiger partial charge in [0.1, 0.15) is 6.04 Å². The van der Waals surface area contributed by atoms with Gasteiger partial charge in [0.15, 0.2) is 0 Å². The van der Waals surface area contributed by atoms with Crippen LogP contribution in [0.1, 0.15) is 5.56 Å². The molecule has 0 spiro atoms. The Kier molecular flexibility index (Phi) is 4.03. The third-order valence-corrected chi connectivity index (χ3v) is 1.61. The van der Waals surface area contributed by atoms with Crippen molar-refractivity contribution in [3.05, 3.63) is 30.1 Å². The fraction of sp³-hybridized carbons (Fsp3) is 0.333. The Hall–Kier alpha value is -1.46. The molecule has 0 unspecified atom stereocenters. The molecule has 1 heterocycles. The molecule has 14 heavy (non-hydrogen) atoms. The summed E-state index contributed by atoms with van der Waals surface area (Å²) in [6.07, 6.45) is 3.32. The summed E-state index contributed by atoms with van der Waals surface area (Å²) in [6, 6.07) is 2.67. The maximum absolute atomic E-state index is 10.3. The Balaban J connectivity index is 2.26. The number of carbonyl (C=O) groups is 1. The van der Waals surface area contributed by atoms with E-state index < -0.39 is 12.0 Å². The largest absolute Gasteiger partial charge is 0.480 e. The number of rotatable bonds is 5. The van der Waals surface area contributed by atoms with Crippen molar-refractivity contribution in [2.24, 2.45) is 5.73 Å². The monoisotopic (exact) mass is 196 g/mol. The van der Waals surface area contributed by atoms with E-state index in [9.17, 15) is 4.79 Å². The van der Waals surface area contributed by atoms with Crippen LogP contribution in [0.2, 0.25) is 0 Å². The van der Waals surface area contributed by atoms with Crippen molar-refractivity contribution < 1.29 is 14.6 Å². The third-order valence-electron chi connectivity index (χ3n) is 1.61. The summed E-state index contributed by atoms with van der Waals surface area (Å²) in [6.45, 7) is 0.332. The number of nitrogens with two attached hydrogens (primary N) is 1. The zero-order chi connectivity index (χ0) is 10.4. The maximum Gasteiger partial charge on any atom is 0.322 e. The molecular formula is C9H12N2O3. The van der Waals surface area contributed by atoms with Gasteiger partial charge >= 0.3 is 5.97 Å². The standard InChI is InChI=1S/C9H12N2O3/c10-8(9(12)13)6-14-5-7-2-1-3-11-4-7/h1-4,8H,5-6,10H2,(H,12,13)/t8-/m0/s1. The Bertz CT molecular complexity index is 289. The lowest BCUT2D eigenvalue weighted by molar-refractivity contribution is -0.140. The number of aromatic nitrogens is 1. The van der Waals surface area contributed by atoms with Crippen LogP contribution in [0.5, 0.6) is 0 Å². The molecule has 0 aliphatic carbocycles. The van der Waals surface area contributed by atoms with E-state index in [-0.39, 0.29) is 6.61 Å². The number of hydrogen-bond donors (Lipinski definition) is 2. The van der Waals surface area contributed by atoms with E-state index in [4.69, 9.17) is 15.6 Å². The zero-order valence-electron chi connectivity index (χ0n) is 7.59. The van der Waals surface area contributed by atoms with Crippen LogP contribution in [0, 0.1) is 0 Å². The summed E-state index contributed by atoms with van der Waals surface area (Å²) in [4.78, 5) is 14.2. The van der Waals surface area contributed by atoms with Crippen LogP contribution in [0.15, 0.2) is 24.5 Å². The second-order valence-corrected chi connectivity index (χ2v) is 2.82. The highest BCUT2D eigenvalue weighted by Crippen LogP contribution is 1.98. The molecule has 0 aromatic carbocycles. The number of ether oxygens (including phenoxy) is 1. The highest BCUT2D eigenvalue weighted by atomic mass is 16.5. The van der Waals surface area contributed by atoms with Gasteiger partial charge in [-0.25, -0.2) is 0 Å². The predicted molar refractivity (Wildman–Crippen MR) is 49.5 cm³/mol. The van der Waals surface area contributed by atoms with E-state index in [0.29, 0.717) is 6.61 Å². The first-order valence-electron chi connectivity index (χ1n) is 4.15. The lowest BCUT2D eigenvalue weighted by atomic mass is 10.3. The summed E-state index contributed by atoms with van der Waals surface area (Å²) >= 11 is 0. The maximum atomic E-state index is 10.3. The summed E-state index contributed by atoms with van der Waals surface area (Å²) in [5.41, 5.74) is 6.13. The topological polar surface area (TPSA) is 85.4 Å². The first-order chi connectivity index (χ1) is 6.70. The van der Waals surface area contributed by atoms with E-state index >= 15 is 0 Å². The van der Waals surface area contributed by atoms with Gasteiger partial charge in [-0.1, -0.05) is 6.07 Å². The molecule has 1 aromatic heterocycles. The first-order valence-corrected chi connectivity index (χ1v) is 4.15. The molecule has 0 radical (unpaired) electrons. The molecule has 0 bridgehead atoms. The molecule has 1 atom stereocenters. The smallest absolute Gasteiger partial charge is 0.322 e. The van der Waals surface area contributed by atoms with Crippen LogP contribution < -0.4 is 5.73 Å². The van der Waals surface area contributed by atoms with Crippen molar-refractivity contribution in [3.63, 3.8) is 0 Å². The van der Waals surface area contributed by atoms with Crippen LogP contribution in [-0.4, -0.2) is 28.7 Å². The predicted octanol–water partition coefficient (Wildman–Crippen LogP) is 0.0101. The molecule has 5 nitrogen and oxygen atoms in total. The average molecular weight is 196 g/mol. The van der Waals surface area contributed by atoms with Crippen LogP contribution in [0.3, 0.4) is 0 Å². The van der Waals surface area contributed by atoms with Gasteiger partial charge in [-0.3, -0.25) is 9.78 Å². The number of pyridine rings is 1. The van der Waals surface area contributed by atoms with E-state index in [2.05, 4.69) is 4.98 Å². The fourth-order valence-corrected chi connectivity index (χ4v) is 0.859. The second kappa shape index (κ2) is 5.31. The minimum Gasteiger partial charge on any atom is -0.480 e. The molecule has 1 aromatic rings. The lowest BCUT2D eigenvalue weighted by Gasteiger charge is -2.07. The Morgan fingerprint density at radius 1 is 1.71 bits per heavy atom. The summed E-state index contributed by atoms with van der Waals surface area (Å²) in [7, 11) is 0. The van der Waals surface area contributed by atoms with E-state index in [0.717, 1.165) is 5.56 Å². The fourth-order valence-electron chi connectivity index (χ4n) is 0.859. The SMILES string of the molecule is N[C@@H](COCc1cccnc1)C(=O)O. The van der Waals surface area contributed by atoms with E-state index in [1.165, 1.54) is 0 Å². The normalized spacial score (nSPS) is 12.4. The first kappa shape index (κ1) is 10.6. The van der Waals surface area contributed by atoms with Gasteiger partial charge in [-0.05, 0) is 11.6 Å². The number of aliphatic carboxylic acids is 1. The van der Waals surface area contributed by atoms with Crippen molar-refractivity contribution >= 4 is 5.97 Å². The average Bonchev–Trinajstić information content (AvgIpc) is 2.19. The van der Waals surface area contributed by atoms with Crippen LogP contribution in [0.4, 0.5) is 0 Å². The van der Waals surface area contributed by atoms with Crippen LogP contribution in [-0.2, 0) is 16.1 Å². The summed E-state index contributed by atoms with van der Waals surface area (Å²) < 4.78 is 5.10. The highest BCUT2D eigenvalue weighted by Gasteiger charge is 2.10. The zero-order valence-corrected chi connectivity index (χ0v) is 7.59. The quantitative estimate of drug-likeness (QED) is 0.692. The lowest BCUT2D eigenvalue weighted by Crippen LogP contribution is -2.34. The molecule has 3 N–H and O–H groups in total. The molecule has 0 fully saturated rings. The van der Waals surface area contributed by atoms with Crippen molar-refractivity contribution in [2.45, 2.75) is 12.6 Å². The number of hydrogen-bond acceptors (Lipinski definition) is 4. The van der Waals surface area contributed by atoms with E-state index in [1.807, 2.05) is 6.07 Å². The van der Waals surface area contributed by atoms with Crippen molar-refractivity contribution in [1.82, 2.24) is 4.98 Å². The van der Waals surface area contributed by atoms with Gasteiger partial charge in [0.25, 0.3) is 0 Å². The van der Waals surface area contributed by atoms with E-state index in [1.54, 1.807) is 18.5 Å². The summed E-state index contributed by atoms with van der Waals surface area (Å²) in [5, 5.41) is 8.46. The van der Waals surface area contributed by atoms with Gasteiger partial charge in [0.2, 0.25) is 0 Å². The van der Waals surface area contributed by atoms with Crippen LogP contribution in [0.25, 0.3) is 0 Å². The second-order valence-electron chi connectivity index (χ2n) is 2.82. The number of carboxylic acid groups (broad SMARTS) is 1. The molecular weight excluding hydrogens is 184 g/mol. The third kappa shape index (κ3) is 3.51. The van der Waals surface area contributed by atoms with Crippen molar-refractivity contribution in [2.75, 3.05) is 6.61 Å². The Morgan fingerprint density at radius 3 is 3.07 bits per heavy atom. The molecule has 0 aliphatic rings. The molecule has 0 saturated carbocycles. The van der Waals surface area contributed by atoms with Gasteiger partial charge in [0.05, 0.1) is 13.2 Å². The van der Waals surface area contributed by atoms with Crippen LogP contribution >= 0.6 is 0 Å². The van der Waals surface area contributed by atoms with Gasteiger partial charge in [-0.2, -0.15) is 0 Å². The van der Waals surface area contributed by atoms with Crippen molar-refractivity contribution in [1.29, 1.82) is 0 Å². The van der Waals surface area contributed by atoms with Gasteiger partial charge in [0, 0.05) is 12.4 Å². The minimum atomic E-state index is -1.06. The molecule has 0 saturated heterocycles. The Labute approximate surface area is 81.5 Å². The number of carboxylic acids is 1. The van der Waals surface area contributed by atoms with Gasteiger partial charge < -0.3 is 15.6 Å². The highest BCUT2D eigenvalue weighted by molar-refractivity contribution is 5.73. The molecule has 0 amide bonds. The van der Waals surface area contributed by atoms with Crippen molar-refractivity contribution in [3.8, 4) is 0 Å².